The Hall–Kier alpha value is -2.40. The summed E-state index contributed by atoms with van der Waals surface area (Å²) in [5, 5.41) is 0. The number of fused-ring (bicyclic) bond motifs is 2. The average molecular weight is 683 g/mol. The van der Waals surface area contributed by atoms with E-state index in [4.69, 9.17) is 0 Å². The first-order chi connectivity index (χ1) is 22.6. The van der Waals surface area contributed by atoms with Crippen LogP contribution >= 0.6 is 0 Å². The second-order valence-corrected chi connectivity index (χ2v) is 18.4. The Labute approximate surface area is 281 Å². The maximum absolute atomic E-state index is 14.4. The minimum atomic E-state index is -3.98. The Balaban J connectivity index is 1.32. The molecule has 4 fully saturated rings. The van der Waals surface area contributed by atoms with Crippen molar-refractivity contribution in [1.82, 2.24) is 8.61 Å². The number of hydrogen-bond donors (Lipinski definition) is 0. The van der Waals surface area contributed by atoms with Crippen LogP contribution < -0.4 is 0 Å². The Bertz CT molecular complexity index is 1500. The lowest BCUT2D eigenvalue weighted by Gasteiger charge is -2.34. The van der Waals surface area contributed by atoms with Gasteiger partial charge in [0, 0.05) is 37.0 Å². The first-order valence-corrected chi connectivity index (χ1v) is 20.5. The molecule has 0 radical (unpaired) electrons. The quantitative estimate of drug-likeness (QED) is 0.248. The van der Waals surface area contributed by atoms with Crippen LogP contribution in [-0.4, -0.2) is 63.2 Å². The highest BCUT2D eigenvalue weighted by atomic mass is 32.2. The first kappa shape index (κ1) is 34.5. The third-order valence-corrected chi connectivity index (χ3v) is 15.8. The second kappa shape index (κ2) is 14.2. The van der Waals surface area contributed by atoms with Crippen LogP contribution in [0.3, 0.4) is 0 Å². The summed E-state index contributed by atoms with van der Waals surface area (Å²) >= 11 is 0. The summed E-state index contributed by atoms with van der Waals surface area (Å²) in [6, 6.07) is 12.7. The van der Waals surface area contributed by atoms with Gasteiger partial charge < -0.3 is 9.59 Å². The highest BCUT2D eigenvalue weighted by Gasteiger charge is 2.51. The van der Waals surface area contributed by atoms with Crippen molar-refractivity contribution in [3.63, 3.8) is 0 Å². The smallest absolute Gasteiger partial charge is 0.243 e. The van der Waals surface area contributed by atoms with Crippen molar-refractivity contribution in [2.24, 2.45) is 35.5 Å². The third kappa shape index (κ3) is 6.77. The third-order valence-electron chi connectivity index (χ3n) is 12.0. The predicted molar refractivity (Wildman–Crippen MR) is 182 cm³/mol. The molecular weight excluding hydrogens is 633 g/mol. The zero-order chi connectivity index (χ0) is 33.3. The highest BCUT2D eigenvalue weighted by molar-refractivity contribution is 7.89. The van der Waals surface area contributed by atoms with Crippen molar-refractivity contribution >= 4 is 32.6 Å². The van der Waals surface area contributed by atoms with Crippen LogP contribution in [0.1, 0.15) is 81.8 Å². The number of carbonyl (C=O) groups is 2. The predicted octanol–water partition coefficient (Wildman–Crippen LogP) is 6.16. The van der Waals surface area contributed by atoms with Crippen molar-refractivity contribution in [2.75, 3.05) is 13.1 Å². The fraction of sp³-hybridized carbons (Fsp3) is 0.622. The lowest BCUT2D eigenvalue weighted by molar-refractivity contribution is -0.114. The molecule has 10 heteroatoms. The Morgan fingerprint density at radius 3 is 1.32 bits per heavy atom. The molecule has 256 valence electrons. The minimum Gasteiger partial charge on any atom is -0.303 e. The van der Waals surface area contributed by atoms with Gasteiger partial charge in [0.2, 0.25) is 20.0 Å². The second-order valence-electron chi connectivity index (χ2n) is 14.7. The molecule has 47 heavy (non-hydrogen) atoms. The van der Waals surface area contributed by atoms with Crippen LogP contribution in [0.25, 0.3) is 0 Å². The molecule has 0 N–H and O–H groups in total. The Kier molecular flexibility index (Phi) is 10.4. The molecular formula is C37H50N2O6S2. The minimum absolute atomic E-state index is 0.0932. The van der Waals surface area contributed by atoms with Gasteiger partial charge >= 0.3 is 0 Å². The van der Waals surface area contributed by atoms with Gasteiger partial charge in [0.15, 0.2) is 0 Å². The van der Waals surface area contributed by atoms with Crippen molar-refractivity contribution in [3.05, 3.63) is 59.7 Å². The van der Waals surface area contributed by atoms with E-state index in [1.165, 1.54) is 8.61 Å². The maximum atomic E-state index is 14.4. The number of rotatable bonds is 12. The fourth-order valence-corrected chi connectivity index (χ4v) is 13.0. The number of sulfonamides is 2. The van der Waals surface area contributed by atoms with Gasteiger partial charge in [-0.2, -0.15) is 8.61 Å². The van der Waals surface area contributed by atoms with Crippen LogP contribution in [-0.2, 0) is 29.6 Å². The molecule has 0 saturated heterocycles. The lowest BCUT2D eigenvalue weighted by Crippen LogP contribution is -2.47. The van der Waals surface area contributed by atoms with Crippen molar-refractivity contribution in [1.29, 1.82) is 0 Å². The lowest BCUT2D eigenvalue weighted by atomic mass is 9.78. The van der Waals surface area contributed by atoms with E-state index >= 15 is 0 Å². The van der Waals surface area contributed by atoms with E-state index in [1.54, 1.807) is 48.5 Å². The highest BCUT2D eigenvalue weighted by Crippen LogP contribution is 2.49. The van der Waals surface area contributed by atoms with E-state index in [0.29, 0.717) is 24.7 Å². The molecule has 0 aliphatic heterocycles. The van der Waals surface area contributed by atoms with E-state index in [1.807, 2.05) is 13.8 Å². The van der Waals surface area contributed by atoms with Gasteiger partial charge in [-0.3, -0.25) is 0 Å². The van der Waals surface area contributed by atoms with E-state index in [0.717, 1.165) is 75.1 Å². The molecule has 8 nitrogen and oxygen atoms in total. The van der Waals surface area contributed by atoms with Crippen molar-refractivity contribution < 1.29 is 26.4 Å². The summed E-state index contributed by atoms with van der Waals surface area (Å²) in [6.07, 6.45) is 11.7. The molecule has 0 aromatic heterocycles. The van der Waals surface area contributed by atoms with Gasteiger partial charge in [-0.25, -0.2) is 16.8 Å². The zero-order valence-corrected chi connectivity index (χ0v) is 29.4. The molecule has 0 spiro atoms. The van der Waals surface area contributed by atoms with Crippen LogP contribution in [0.4, 0.5) is 0 Å². The van der Waals surface area contributed by atoms with E-state index in [9.17, 15) is 26.4 Å². The molecule has 4 aliphatic carbocycles. The average Bonchev–Trinajstić information content (AvgIpc) is 3.62. The number of aryl methyl sites for hydroxylation is 2. The molecule has 0 bridgehead atoms. The number of hydrogen-bond acceptors (Lipinski definition) is 6. The monoisotopic (exact) mass is 682 g/mol. The summed E-state index contributed by atoms with van der Waals surface area (Å²) in [4.78, 5) is 25.6. The molecule has 0 heterocycles. The normalized spacial score (nSPS) is 31.1. The standard InChI is InChI=1S/C37H50N2O6S2/c1-26-12-16-30(17-13-26)46(42,43)38(36-22-28-8-3-5-10-32(28)34(36)24-40)20-7-21-39(47(44,45)31-18-14-27(2)15-19-31)37-23-29-9-4-6-11-33(29)35(37)25-41/h12-19,24-25,28-29,32-37H,3-11,20-23H2,1-2H3/t28-,29-,32+,33+,34-,35-,36+,37+/m1/s1. The SMILES string of the molecule is Cc1ccc(S(=O)(=O)N(CCCN([C@H]2C[C@H]3CCCC[C@@H]3[C@H]2C=O)S(=O)(=O)c2ccc(C)cc2)[C@H]2C[C@H]3CCCC[C@@H]3[C@H]2C=O)cc1. The van der Waals surface area contributed by atoms with Crippen LogP contribution in [0, 0.1) is 49.4 Å². The topological polar surface area (TPSA) is 109 Å². The van der Waals surface area contributed by atoms with Crippen molar-refractivity contribution in [3.8, 4) is 0 Å². The van der Waals surface area contributed by atoms with E-state index in [2.05, 4.69) is 0 Å². The fourth-order valence-electron chi connectivity index (χ4n) is 9.58. The van der Waals surface area contributed by atoms with Gasteiger partial charge in [-0.1, -0.05) is 73.9 Å². The summed E-state index contributed by atoms with van der Waals surface area (Å²) in [5.41, 5.74) is 1.90. The summed E-state index contributed by atoms with van der Waals surface area (Å²) < 4.78 is 60.6. The van der Waals surface area contributed by atoms with Gasteiger partial charge in [0.1, 0.15) is 12.6 Å². The van der Waals surface area contributed by atoms with Gasteiger partial charge in [0.25, 0.3) is 0 Å². The molecule has 0 unspecified atom stereocenters. The molecule has 8 atom stereocenters. The molecule has 4 saturated carbocycles. The molecule has 2 aromatic carbocycles. The number of benzene rings is 2. The number of aldehydes is 2. The van der Waals surface area contributed by atoms with Gasteiger partial charge in [-0.15, -0.1) is 0 Å². The summed E-state index contributed by atoms with van der Waals surface area (Å²) in [7, 11) is -7.96. The molecule has 6 rings (SSSR count). The molecule has 2 aromatic rings. The van der Waals surface area contributed by atoms with Crippen LogP contribution in [0.2, 0.25) is 0 Å². The Morgan fingerprint density at radius 1 is 0.596 bits per heavy atom. The summed E-state index contributed by atoms with van der Waals surface area (Å²) in [5.74, 6) is 0.211. The van der Waals surface area contributed by atoms with Crippen LogP contribution in [0.5, 0.6) is 0 Å². The number of nitrogens with zero attached hydrogens (tertiary/aromatic N) is 2. The van der Waals surface area contributed by atoms with E-state index in [-0.39, 0.29) is 53.0 Å². The zero-order valence-electron chi connectivity index (χ0n) is 27.7. The van der Waals surface area contributed by atoms with Gasteiger partial charge in [-0.05, 0) is 93.9 Å². The van der Waals surface area contributed by atoms with Crippen molar-refractivity contribution in [2.45, 2.75) is 106 Å². The molecule has 0 amide bonds. The molecule has 4 aliphatic rings. The first-order valence-electron chi connectivity index (χ1n) is 17.6. The maximum Gasteiger partial charge on any atom is 0.243 e. The number of carbonyl (C=O) groups excluding carboxylic acids is 2. The van der Waals surface area contributed by atoms with Crippen LogP contribution in [0.15, 0.2) is 58.3 Å². The largest absolute Gasteiger partial charge is 0.303 e. The summed E-state index contributed by atoms with van der Waals surface area (Å²) in [6.45, 7) is 4.01. The van der Waals surface area contributed by atoms with Gasteiger partial charge in [0.05, 0.1) is 9.79 Å². The Morgan fingerprint density at radius 2 is 0.957 bits per heavy atom. The van der Waals surface area contributed by atoms with E-state index < -0.39 is 32.1 Å².